The number of rotatable bonds is 3. The van der Waals surface area contributed by atoms with Gasteiger partial charge in [-0.2, -0.15) is 0 Å². The predicted octanol–water partition coefficient (Wildman–Crippen LogP) is 4.81. The molecule has 18 heavy (non-hydrogen) atoms. The zero-order valence-corrected chi connectivity index (χ0v) is 11.5. The highest BCUT2D eigenvalue weighted by molar-refractivity contribution is 9.09. The fourth-order valence-electron chi connectivity index (χ4n) is 2.20. The predicted molar refractivity (Wildman–Crippen MR) is 78.4 cm³/mol. The first-order valence-corrected chi connectivity index (χ1v) is 7.09. The Morgan fingerprint density at radius 1 is 1.00 bits per heavy atom. The van der Waals surface area contributed by atoms with E-state index in [9.17, 15) is 0 Å². The van der Waals surface area contributed by atoms with Crippen molar-refractivity contribution < 1.29 is 4.74 Å². The van der Waals surface area contributed by atoms with Crippen molar-refractivity contribution in [3.63, 3.8) is 0 Å². The molecule has 1 nitrogen and oxygen atoms in total. The van der Waals surface area contributed by atoms with Crippen molar-refractivity contribution in [2.45, 2.75) is 6.42 Å². The number of hydrogen-bond acceptors (Lipinski definition) is 1. The van der Waals surface area contributed by atoms with E-state index >= 15 is 0 Å². The van der Waals surface area contributed by atoms with Crippen molar-refractivity contribution in [1.82, 2.24) is 0 Å². The maximum absolute atomic E-state index is 5.97. The summed E-state index contributed by atoms with van der Waals surface area (Å²) in [6.45, 7) is 0. The summed E-state index contributed by atoms with van der Waals surface area (Å²) in [5, 5.41) is 0.923. The van der Waals surface area contributed by atoms with Crippen LogP contribution in [0.25, 0.3) is 6.08 Å². The molecule has 0 saturated heterocycles. The largest absolute Gasteiger partial charge is 0.457 e. The SMILES string of the molecule is BrCC1=Cc2cccc(Oc3ccccc3)c2C1. The molecule has 0 saturated carbocycles. The molecule has 0 atom stereocenters. The van der Waals surface area contributed by atoms with Gasteiger partial charge in [0.1, 0.15) is 11.5 Å². The van der Waals surface area contributed by atoms with Gasteiger partial charge in [0.05, 0.1) is 0 Å². The number of fused-ring (bicyclic) bond motifs is 1. The Balaban J connectivity index is 1.91. The molecule has 0 amide bonds. The first kappa shape index (κ1) is 11.5. The van der Waals surface area contributed by atoms with Crippen LogP contribution < -0.4 is 4.74 Å². The first-order valence-electron chi connectivity index (χ1n) is 5.97. The molecule has 2 aromatic rings. The van der Waals surface area contributed by atoms with Gasteiger partial charge in [-0.05, 0) is 30.2 Å². The van der Waals surface area contributed by atoms with Crippen LogP contribution in [0.15, 0.2) is 54.1 Å². The number of halogens is 1. The molecule has 0 heterocycles. The monoisotopic (exact) mass is 300 g/mol. The molecule has 0 radical (unpaired) electrons. The van der Waals surface area contributed by atoms with Gasteiger partial charge >= 0.3 is 0 Å². The molecular formula is C16H13BrO. The number of hydrogen-bond donors (Lipinski definition) is 0. The Morgan fingerprint density at radius 3 is 2.61 bits per heavy atom. The Bertz CT molecular complexity index is 587. The van der Waals surface area contributed by atoms with Crippen LogP contribution in [0.1, 0.15) is 11.1 Å². The van der Waals surface area contributed by atoms with Crippen LogP contribution in [0, 0.1) is 0 Å². The van der Waals surface area contributed by atoms with Gasteiger partial charge in [-0.1, -0.05) is 57.9 Å². The summed E-state index contributed by atoms with van der Waals surface area (Å²) in [6, 6.07) is 16.2. The summed E-state index contributed by atoms with van der Waals surface area (Å²) < 4.78 is 5.97. The highest BCUT2D eigenvalue weighted by atomic mass is 79.9. The van der Waals surface area contributed by atoms with Crippen molar-refractivity contribution in [2.75, 3.05) is 5.33 Å². The summed E-state index contributed by atoms with van der Waals surface area (Å²) in [4.78, 5) is 0. The average Bonchev–Trinajstić information content (AvgIpc) is 2.84. The van der Waals surface area contributed by atoms with E-state index in [1.807, 2.05) is 42.5 Å². The van der Waals surface area contributed by atoms with Crippen molar-refractivity contribution >= 4 is 22.0 Å². The molecule has 1 aliphatic rings. The minimum absolute atomic E-state index is 0.887. The highest BCUT2D eigenvalue weighted by Crippen LogP contribution is 2.35. The number of ether oxygens (including phenoxy) is 1. The van der Waals surface area contributed by atoms with E-state index in [0.29, 0.717) is 0 Å². The molecule has 0 aliphatic heterocycles. The summed E-state index contributed by atoms with van der Waals surface area (Å²) in [5.74, 6) is 1.85. The van der Waals surface area contributed by atoms with Crippen LogP contribution in [0.5, 0.6) is 11.5 Å². The third kappa shape index (κ3) is 2.21. The van der Waals surface area contributed by atoms with Gasteiger partial charge in [-0.15, -0.1) is 0 Å². The van der Waals surface area contributed by atoms with Crippen LogP contribution in [0.3, 0.4) is 0 Å². The van der Waals surface area contributed by atoms with Crippen LogP contribution in [0.4, 0.5) is 0 Å². The van der Waals surface area contributed by atoms with E-state index in [2.05, 4.69) is 28.1 Å². The number of allylic oxidation sites excluding steroid dienone is 1. The fraction of sp³-hybridized carbons (Fsp3) is 0.125. The van der Waals surface area contributed by atoms with Gasteiger partial charge in [0.2, 0.25) is 0 Å². The molecule has 2 aromatic carbocycles. The lowest BCUT2D eigenvalue weighted by Gasteiger charge is -2.10. The van der Waals surface area contributed by atoms with Crippen molar-refractivity contribution in [3.8, 4) is 11.5 Å². The third-order valence-corrected chi connectivity index (χ3v) is 3.80. The third-order valence-electron chi connectivity index (χ3n) is 3.08. The van der Waals surface area contributed by atoms with Crippen molar-refractivity contribution in [2.24, 2.45) is 0 Å². The van der Waals surface area contributed by atoms with E-state index in [1.165, 1.54) is 16.7 Å². The van der Waals surface area contributed by atoms with Crippen LogP contribution >= 0.6 is 15.9 Å². The Labute approximate surface area is 115 Å². The normalized spacial score (nSPS) is 13.1. The number of benzene rings is 2. The summed E-state index contributed by atoms with van der Waals surface area (Å²) in [6.07, 6.45) is 3.21. The summed E-state index contributed by atoms with van der Waals surface area (Å²) in [5.41, 5.74) is 3.96. The van der Waals surface area contributed by atoms with Gasteiger partial charge in [0, 0.05) is 10.9 Å². The molecular weight excluding hydrogens is 288 g/mol. The lowest BCUT2D eigenvalue weighted by molar-refractivity contribution is 0.477. The number of alkyl halides is 1. The van der Waals surface area contributed by atoms with Gasteiger partial charge in [0.25, 0.3) is 0 Å². The van der Waals surface area contributed by atoms with Gasteiger partial charge in [0.15, 0.2) is 0 Å². The van der Waals surface area contributed by atoms with Gasteiger partial charge < -0.3 is 4.74 Å². The second-order valence-electron chi connectivity index (χ2n) is 4.35. The molecule has 90 valence electrons. The lowest BCUT2D eigenvalue weighted by Crippen LogP contribution is -1.92. The minimum Gasteiger partial charge on any atom is -0.457 e. The molecule has 1 aliphatic carbocycles. The Morgan fingerprint density at radius 2 is 1.83 bits per heavy atom. The lowest BCUT2D eigenvalue weighted by atomic mass is 10.1. The Kier molecular flexibility index (Phi) is 3.20. The van der Waals surface area contributed by atoms with E-state index in [-0.39, 0.29) is 0 Å². The first-order chi connectivity index (χ1) is 8.86. The molecule has 0 aromatic heterocycles. The number of para-hydroxylation sites is 1. The fourth-order valence-corrected chi connectivity index (χ4v) is 2.56. The maximum atomic E-state index is 5.97. The highest BCUT2D eigenvalue weighted by Gasteiger charge is 2.16. The zero-order chi connectivity index (χ0) is 12.4. The molecule has 2 heteroatoms. The zero-order valence-electron chi connectivity index (χ0n) is 9.90. The van der Waals surface area contributed by atoms with Crippen molar-refractivity contribution in [3.05, 3.63) is 65.2 Å². The van der Waals surface area contributed by atoms with Crippen LogP contribution in [-0.4, -0.2) is 5.33 Å². The standard InChI is InChI=1S/C16H13BrO/c17-11-12-9-13-5-4-8-16(15(13)10-12)18-14-6-2-1-3-7-14/h1-9H,10-11H2. The average molecular weight is 301 g/mol. The van der Waals surface area contributed by atoms with Crippen LogP contribution in [0.2, 0.25) is 0 Å². The van der Waals surface area contributed by atoms with Crippen LogP contribution in [-0.2, 0) is 6.42 Å². The van der Waals surface area contributed by atoms with Gasteiger partial charge in [-0.25, -0.2) is 0 Å². The topological polar surface area (TPSA) is 9.23 Å². The van der Waals surface area contributed by atoms with E-state index in [0.717, 1.165) is 23.2 Å². The van der Waals surface area contributed by atoms with E-state index in [4.69, 9.17) is 4.74 Å². The Hall–Kier alpha value is -1.54. The van der Waals surface area contributed by atoms with E-state index < -0.39 is 0 Å². The molecule has 0 unspecified atom stereocenters. The maximum Gasteiger partial charge on any atom is 0.131 e. The quantitative estimate of drug-likeness (QED) is 0.739. The second-order valence-corrected chi connectivity index (χ2v) is 4.91. The minimum atomic E-state index is 0.887. The summed E-state index contributed by atoms with van der Waals surface area (Å²) >= 11 is 3.52. The molecule has 0 spiro atoms. The molecule has 0 bridgehead atoms. The van der Waals surface area contributed by atoms with Crippen molar-refractivity contribution in [1.29, 1.82) is 0 Å². The smallest absolute Gasteiger partial charge is 0.131 e. The summed E-state index contributed by atoms with van der Waals surface area (Å²) in [7, 11) is 0. The molecule has 0 fully saturated rings. The van der Waals surface area contributed by atoms with E-state index in [1.54, 1.807) is 0 Å². The molecule has 3 rings (SSSR count). The molecule has 0 N–H and O–H groups in total. The second kappa shape index (κ2) is 4.99. The van der Waals surface area contributed by atoms with Gasteiger partial charge in [-0.3, -0.25) is 0 Å².